The van der Waals surface area contributed by atoms with E-state index in [2.05, 4.69) is 5.32 Å². The number of hydrogen-bond donors (Lipinski definition) is 1. The third kappa shape index (κ3) is 4.33. The van der Waals surface area contributed by atoms with Crippen LogP contribution in [0.25, 0.3) is 0 Å². The van der Waals surface area contributed by atoms with Gasteiger partial charge in [-0.1, -0.05) is 24.3 Å². The molecule has 22 heavy (non-hydrogen) atoms. The van der Waals surface area contributed by atoms with Gasteiger partial charge in [0.1, 0.15) is 5.75 Å². The molecule has 2 aromatic rings. The molecule has 116 valence electrons. The van der Waals surface area contributed by atoms with Gasteiger partial charge < -0.3 is 10.1 Å². The summed E-state index contributed by atoms with van der Waals surface area (Å²) < 4.78 is 28.5. The van der Waals surface area contributed by atoms with Crippen molar-refractivity contribution in [2.24, 2.45) is 0 Å². The van der Waals surface area contributed by atoms with Gasteiger partial charge in [0.15, 0.2) is 15.9 Å². The zero-order valence-corrected chi connectivity index (χ0v) is 13.1. The highest BCUT2D eigenvalue weighted by molar-refractivity contribution is 7.90. The van der Waals surface area contributed by atoms with Gasteiger partial charge in [0.2, 0.25) is 0 Å². The molecule has 0 aliphatic rings. The molecule has 1 atom stereocenters. The number of carbonyl (C=O) groups excluding carboxylic acids is 1. The zero-order valence-electron chi connectivity index (χ0n) is 12.3. The van der Waals surface area contributed by atoms with Crippen molar-refractivity contribution in [1.82, 2.24) is 0 Å². The number of rotatable bonds is 5. The maximum absolute atomic E-state index is 12.1. The Kier molecular flexibility index (Phi) is 4.82. The number of anilines is 1. The quantitative estimate of drug-likeness (QED) is 0.919. The van der Waals surface area contributed by atoms with Crippen LogP contribution in [0.3, 0.4) is 0 Å². The molecule has 0 aromatic heterocycles. The van der Waals surface area contributed by atoms with Crippen LogP contribution in [0.15, 0.2) is 59.5 Å². The van der Waals surface area contributed by atoms with E-state index in [9.17, 15) is 13.2 Å². The first-order valence-corrected chi connectivity index (χ1v) is 8.58. The van der Waals surface area contributed by atoms with Crippen molar-refractivity contribution in [1.29, 1.82) is 0 Å². The first kappa shape index (κ1) is 16.0. The van der Waals surface area contributed by atoms with Gasteiger partial charge in [-0.2, -0.15) is 0 Å². The summed E-state index contributed by atoms with van der Waals surface area (Å²) in [5, 5.41) is 2.65. The van der Waals surface area contributed by atoms with Gasteiger partial charge in [0.25, 0.3) is 5.91 Å². The number of nitrogens with one attached hydrogen (secondary N) is 1. The van der Waals surface area contributed by atoms with Gasteiger partial charge in [-0.15, -0.1) is 0 Å². The van der Waals surface area contributed by atoms with E-state index >= 15 is 0 Å². The lowest BCUT2D eigenvalue weighted by Crippen LogP contribution is -2.30. The molecule has 0 aliphatic heterocycles. The number of sulfone groups is 1. The predicted molar refractivity (Wildman–Crippen MR) is 84.7 cm³/mol. The monoisotopic (exact) mass is 319 g/mol. The Hall–Kier alpha value is -2.34. The molecular formula is C16H17NO4S. The fourth-order valence-electron chi connectivity index (χ4n) is 1.81. The minimum Gasteiger partial charge on any atom is -0.481 e. The topological polar surface area (TPSA) is 72.5 Å². The van der Waals surface area contributed by atoms with Crippen LogP contribution in [0.1, 0.15) is 6.92 Å². The number of benzene rings is 2. The van der Waals surface area contributed by atoms with Gasteiger partial charge >= 0.3 is 0 Å². The normalized spacial score (nSPS) is 12.5. The second-order valence-corrected chi connectivity index (χ2v) is 6.88. The summed E-state index contributed by atoms with van der Waals surface area (Å²) in [7, 11) is -3.31. The molecule has 0 spiro atoms. The van der Waals surface area contributed by atoms with E-state index in [0.717, 1.165) is 6.26 Å². The van der Waals surface area contributed by atoms with Crippen molar-refractivity contribution in [2.45, 2.75) is 17.9 Å². The Morgan fingerprint density at radius 1 is 1.09 bits per heavy atom. The summed E-state index contributed by atoms with van der Waals surface area (Å²) in [6.45, 7) is 1.63. The average Bonchev–Trinajstić information content (AvgIpc) is 2.47. The van der Waals surface area contributed by atoms with Crippen molar-refractivity contribution in [3.05, 3.63) is 54.6 Å². The van der Waals surface area contributed by atoms with Crippen molar-refractivity contribution in [3.8, 4) is 5.75 Å². The van der Waals surface area contributed by atoms with Crippen LogP contribution in [-0.4, -0.2) is 26.7 Å². The molecule has 2 aromatic carbocycles. The number of carbonyl (C=O) groups is 1. The summed E-state index contributed by atoms with van der Waals surface area (Å²) in [6.07, 6.45) is 0.416. The maximum atomic E-state index is 12.1. The Bertz CT molecular complexity index is 757. The predicted octanol–water partition coefficient (Wildman–Crippen LogP) is 2.50. The number of amides is 1. The Labute approximate surface area is 129 Å². The summed E-state index contributed by atoms with van der Waals surface area (Å²) >= 11 is 0. The van der Waals surface area contributed by atoms with Crippen molar-refractivity contribution in [3.63, 3.8) is 0 Å². The van der Waals surface area contributed by atoms with E-state index in [1.165, 1.54) is 12.1 Å². The van der Waals surface area contributed by atoms with E-state index in [-0.39, 0.29) is 10.8 Å². The van der Waals surface area contributed by atoms with Gasteiger partial charge in [-0.25, -0.2) is 8.42 Å². The standard InChI is InChI=1S/C16H17NO4S/c1-12(21-14-8-4-3-5-9-14)16(18)17-13-7-6-10-15(11-13)22(2,19)20/h3-12H,1-2H3,(H,17,18)/t12-/m1/s1. The van der Waals surface area contributed by atoms with Crippen molar-refractivity contribution < 1.29 is 17.9 Å². The smallest absolute Gasteiger partial charge is 0.265 e. The van der Waals surface area contributed by atoms with E-state index in [1.54, 1.807) is 31.2 Å². The summed E-state index contributed by atoms with van der Waals surface area (Å²) in [4.78, 5) is 12.2. The van der Waals surface area contributed by atoms with Crippen LogP contribution in [0.2, 0.25) is 0 Å². The molecule has 0 radical (unpaired) electrons. The Morgan fingerprint density at radius 3 is 2.41 bits per heavy atom. The molecule has 1 amide bonds. The molecule has 0 bridgehead atoms. The number of hydrogen-bond acceptors (Lipinski definition) is 4. The molecule has 0 heterocycles. The molecule has 5 nitrogen and oxygen atoms in total. The lowest BCUT2D eigenvalue weighted by atomic mass is 10.3. The molecule has 0 unspecified atom stereocenters. The van der Waals surface area contributed by atoms with Crippen molar-refractivity contribution in [2.75, 3.05) is 11.6 Å². The fourth-order valence-corrected chi connectivity index (χ4v) is 2.47. The van der Waals surface area contributed by atoms with Gasteiger partial charge in [0.05, 0.1) is 4.90 Å². The summed E-state index contributed by atoms with van der Waals surface area (Å²) in [6, 6.07) is 15.1. The van der Waals surface area contributed by atoms with E-state index in [0.29, 0.717) is 11.4 Å². The highest BCUT2D eigenvalue weighted by Crippen LogP contribution is 2.16. The van der Waals surface area contributed by atoms with E-state index < -0.39 is 15.9 Å². The van der Waals surface area contributed by atoms with Crippen molar-refractivity contribution >= 4 is 21.4 Å². The summed E-state index contributed by atoms with van der Waals surface area (Å²) in [5.41, 5.74) is 0.413. The molecule has 6 heteroatoms. The molecule has 2 rings (SSSR count). The zero-order chi connectivity index (χ0) is 16.2. The highest BCUT2D eigenvalue weighted by Gasteiger charge is 2.15. The first-order chi connectivity index (χ1) is 10.4. The molecule has 0 fully saturated rings. The van der Waals surface area contributed by atoms with Gasteiger partial charge in [-0.05, 0) is 37.3 Å². The van der Waals surface area contributed by atoms with Gasteiger partial charge in [0, 0.05) is 11.9 Å². The first-order valence-electron chi connectivity index (χ1n) is 6.69. The lowest BCUT2D eigenvalue weighted by molar-refractivity contribution is -0.122. The third-order valence-electron chi connectivity index (χ3n) is 2.96. The SMILES string of the molecule is C[C@@H](Oc1ccccc1)C(=O)Nc1cccc(S(C)(=O)=O)c1. The third-order valence-corrected chi connectivity index (χ3v) is 4.07. The summed E-state index contributed by atoms with van der Waals surface area (Å²) in [5.74, 6) is 0.240. The Balaban J connectivity index is 2.06. The van der Waals surface area contributed by atoms with Crippen LogP contribution in [0.4, 0.5) is 5.69 Å². The Morgan fingerprint density at radius 2 is 1.77 bits per heavy atom. The minimum atomic E-state index is -3.31. The van der Waals surface area contributed by atoms with E-state index in [4.69, 9.17) is 4.74 Å². The molecule has 1 N–H and O–H groups in total. The second kappa shape index (κ2) is 6.62. The molecule has 0 aliphatic carbocycles. The van der Waals surface area contributed by atoms with Crippen LogP contribution in [-0.2, 0) is 14.6 Å². The number of para-hydroxylation sites is 1. The molecule has 0 saturated heterocycles. The molecular weight excluding hydrogens is 302 g/mol. The maximum Gasteiger partial charge on any atom is 0.265 e. The fraction of sp³-hybridized carbons (Fsp3) is 0.188. The number of ether oxygens (including phenoxy) is 1. The van der Waals surface area contributed by atoms with Crippen LogP contribution >= 0.6 is 0 Å². The van der Waals surface area contributed by atoms with Crippen LogP contribution in [0, 0.1) is 0 Å². The lowest BCUT2D eigenvalue weighted by Gasteiger charge is -2.15. The van der Waals surface area contributed by atoms with Gasteiger partial charge in [-0.3, -0.25) is 4.79 Å². The highest BCUT2D eigenvalue weighted by atomic mass is 32.2. The largest absolute Gasteiger partial charge is 0.481 e. The van der Waals surface area contributed by atoms with Crippen LogP contribution < -0.4 is 10.1 Å². The van der Waals surface area contributed by atoms with E-state index in [1.807, 2.05) is 18.2 Å². The second-order valence-electron chi connectivity index (χ2n) is 4.86. The minimum absolute atomic E-state index is 0.155. The average molecular weight is 319 g/mol. The van der Waals surface area contributed by atoms with Crippen LogP contribution in [0.5, 0.6) is 5.75 Å². The molecule has 0 saturated carbocycles.